The van der Waals surface area contributed by atoms with E-state index in [0.717, 1.165) is 48.5 Å². The minimum absolute atomic E-state index is 0.0189. The molecule has 3 atom stereocenters. The summed E-state index contributed by atoms with van der Waals surface area (Å²) in [5, 5.41) is 27.0. The van der Waals surface area contributed by atoms with Crippen LogP contribution in [-0.4, -0.2) is 61.6 Å². The number of aryl methyl sites for hydroxylation is 1. The smallest absolute Gasteiger partial charge is 0.217 e. The molecule has 0 spiro atoms. The summed E-state index contributed by atoms with van der Waals surface area (Å²) in [5.41, 5.74) is 4.52. The van der Waals surface area contributed by atoms with Crippen molar-refractivity contribution in [2.75, 3.05) is 37.7 Å². The van der Waals surface area contributed by atoms with Gasteiger partial charge in [-0.25, -0.2) is 0 Å². The van der Waals surface area contributed by atoms with Crippen molar-refractivity contribution < 1.29 is 19.4 Å². The average Bonchev–Trinajstić information content (AvgIpc) is 2.90. The van der Waals surface area contributed by atoms with Crippen molar-refractivity contribution in [3.8, 4) is 11.8 Å². The molecule has 4 rings (SSSR count). The maximum absolute atomic E-state index is 12.0. The van der Waals surface area contributed by atoms with Crippen molar-refractivity contribution in [2.24, 2.45) is 0 Å². The van der Waals surface area contributed by atoms with Crippen LogP contribution in [0.4, 0.5) is 5.69 Å². The fourth-order valence-electron chi connectivity index (χ4n) is 5.38. The van der Waals surface area contributed by atoms with E-state index in [1.807, 2.05) is 12.1 Å². The standard InChI is InChI=1S/C30H40N4O4/c1-5-21-14-24-26(17-30(3,4)38-29(24)27(16-21)34-9-11-37-12-10-34)32-19-28(36)25(33-20(2)35)15-22-7-6-8-23(13-22)18-31/h6-8,13-14,16,25-26,28,32,36H,5,9-12,15,17,19H2,1-4H3,(H,33,35)/t25-,26-,28+/m0/s1. The third-order valence-electron chi connectivity index (χ3n) is 7.31. The van der Waals surface area contributed by atoms with Gasteiger partial charge in [-0.15, -0.1) is 0 Å². The summed E-state index contributed by atoms with van der Waals surface area (Å²) in [6.07, 6.45) is 1.26. The molecule has 0 aromatic heterocycles. The van der Waals surface area contributed by atoms with Crippen LogP contribution >= 0.6 is 0 Å². The van der Waals surface area contributed by atoms with Gasteiger partial charge < -0.3 is 30.1 Å². The lowest BCUT2D eigenvalue weighted by molar-refractivity contribution is -0.120. The van der Waals surface area contributed by atoms with E-state index in [4.69, 9.17) is 9.47 Å². The molecule has 3 N–H and O–H groups in total. The fraction of sp³-hybridized carbons (Fsp3) is 0.533. The van der Waals surface area contributed by atoms with Crippen molar-refractivity contribution in [1.29, 1.82) is 5.26 Å². The molecule has 2 aliphatic rings. The number of fused-ring (bicyclic) bond motifs is 1. The maximum Gasteiger partial charge on any atom is 0.217 e. The van der Waals surface area contributed by atoms with Crippen LogP contribution < -0.4 is 20.3 Å². The van der Waals surface area contributed by atoms with Crippen LogP contribution in [0.5, 0.6) is 5.75 Å². The number of ether oxygens (including phenoxy) is 2. The lowest BCUT2D eigenvalue weighted by Crippen LogP contribution is -2.49. The Labute approximate surface area is 225 Å². The highest BCUT2D eigenvalue weighted by molar-refractivity contribution is 5.73. The summed E-state index contributed by atoms with van der Waals surface area (Å²) in [7, 11) is 0. The number of nitrogens with zero attached hydrogens (tertiary/aromatic N) is 2. The Balaban J connectivity index is 1.56. The normalized spacial score (nSPS) is 20.0. The summed E-state index contributed by atoms with van der Waals surface area (Å²) in [5.74, 6) is 0.699. The maximum atomic E-state index is 12.0. The van der Waals surface area contributed by atoms with Crippen LogP contribution in [0, 0.1) is 11.3 Å². The molecule has 0 unspecified atom stereocenters. The molecule has 0 radical (unpaired) electrons. The SMILES string of the molecule is CCc1cc2c(c(N3CCOCC3)c1)OC(C)(C)C[C@@H]2NC[C@@H](O)[C@H](Cc1cccc(C#N)c1)NC(C)=O. The molecule has 0 aliphatic carbocycles. The number of anilines is 1. The first kappa shape index (κ1) is 27.9. The molecule has 1 amide bonds. The molecule has 2 aromatic rings. The van der Waals surface area contributed by atoms with E-state index < -0.39 is 12.1 Å². The number of hydrogen-bond acceptors (Lipinski definition) is 7. The average molecular weight is 521 g/mol. The van der Waals surface area contributed by atoms with Gasteiger partial charge in [0, 0.05) is 44.6 Å². The molecular formula is C30H40N4O4. The number of rotatable bonds is 9. The molecular weight excluding hydrogens is 480 g/mol. The molecule has 1 fully saturated rings. The van der Waals surface area contributed by atoms with E-state index in [9.17, 15) is 15.2 Å². The molecule has 8 nitrogen and oxygen atoms in total. The third-order valence-corrected chi connectivity index (χ3v) is 7.31. The van der Waals surface area contributed by atoms with E-state index in [-0.39, 0.29) is 17.6 Å². The highest BCUT2D eigenvalue weighted by atomic mass is 16.5. The molecule has 38 heavy (non-hydrogen) atoms. The Kier molecular flexibility index (Phi) is 8.93. The second kappa shape index (κ2) is 12.2. The van der Waals surface area contributed by atoms with Crippen molar-refractivity contribution in [3.63, 3.8) is 0 Å². The van der Waals surface area contributed by atoms with Crippen LogP contribution in [0.2, 0.25) is 0 Å². The zero-order valence-corrected chi connectivity index (χ0v) is 22.9. The molecule has 8 heteroatoms. The van der Waals surface area contributed by atoms with Crippen LogP contribution in [0.3, 0.4) is 0 Å². The van der Waals surface area contributed by atoms with Gasteiger partial charge in [-0.2, -0.15) is 5.26 Å². The Hall–Kier alpha value is -3.12. The summed E-state index contributed by atoms with van der Waals surface area (Å²) >= 11 is 0. The molecule has 204 valence electrons. The summed E-state index contributed by atoms with van der Waals surface area (Å²) in [6.45, 7) is 11.2. The first-order valence-corrected chi connectivity index (χ1v) is 13.5. The number of hydrogen-bond donors (Lipinski definition) is 3. The Bertz CT molecular complexity index is 1170. The topological polar surface area (TPSA) is 107 Å². The molecule has 2 aromatic carbocycles. The van der Waals surface area contributed by atoms with Crippen LogP contribution in [0.15, 0.2) is 36.4 Å². The third kappa shape index (κ3) is 6.84. The van der Waals surface area contributed by atoms with Gasteiger partial charge in [0.2, 0.25) is 5.91 Å². The van der Waals surface area contributed by atoms with E-state index in [0.29, 0.717) is 31.7 Å². The van der Waals surface area contributed by atoms with Gasteiger partial charge in [0.1, 0.15) is 11.4 Å². The summed E-state index contributed by atoms with van der Waals surface area (Å²) < 4.78 is 12.2. The van der Waals surface area contributed by atoms with E-state index in [1.165, 1.54) is 12.5 Å². The quantitative estimate of drug-likeness (QED) is 0.466. The molecule has 0 bridgehead atoms. The number of benzene rings is 2. The van der Waals surface area contributed by atoms with Crippen LogP contribution in [-0.2, 0) is 22.4 Å². The minimum Gasteiger partial charge on any atom is -0.485 e. The zero-order valence-electron chi connectivity index (χ0n) is 22.9. The van der Waals surface area contributed by atoms with Crippen LogP contribution in [0.1, 0.15) is 62.4 Å². The summed E-state index contributed by atoms with van der Waals surface area (Å²) in [4.78, 5) is 14.3. The molecule has 1 saturated heterocycles. The number of morpholine rings is 1. The van der Waals surface area contributed by atoms with Gasteiger partial charge in [0.25, 0.3) is 0 Å². The number of aliphatic hydroxyl groups excluding tert-OH is 1. The highest BCUT2D eigenvalue weighted by Crippen LogP contribution is 2.46. The fourth-order valence-corrected chi connectivity index (χ4v) is 5.38. The van der Waals surface area contributed by atoms with Crippen molar-refractivity contribution >= 4 is 11.6 Å². The largest absolute Gasteiger partial charge is 0.485 e. The van der Waals surface area contributed by atoms with Gasteiger partial charge in [0.15, 0.2) is 0 Å². The second-order valence-electron chi connectivity index (χ2n) is 10.9. The van der Waals surface area contributed by atoms with Gasteiger partial charge in [0.05, 0.1) is 42.7 Å². The highest BCUT2D eigenvalue weighted by Gasteiger charge is 2.37. The van der Waals surface area contributed by atoms with Crippen molar-refractivity contribution in [2.45, 2.75) is 70.7 Å². The number of amides is 1. The zero-order chi connectivity index (χ0) is 27.3. The lowest BCUT2D eigenvalue weighted by atomic mass is 9.87. The van der Waals surface area contributed by atoms with Crippen LogP contribution in [0.25, 0.3) is 0 Å². The monoisotopic (exact) mass is 520 g/mol. The second-order valence-corrected chi connectivity index (χ2v) is 10.9. The van der Waals surface area contributed by atoms with Gasteiger partial charge in [-0.1, -0.05) is 25.1 Å². The number of carbonyl (C=O) groups is 1. The first-order valence-electron chi connectivity index (χ1n) is 13.5. The van der Waals surface area contributed by atoms with E-state index in [2.05, 4.69) is 54.5 Å². The van der Waals surface area contributed by atoms with Crippen molar-refractivity contribution in [1.82, 2.24) is 10.6 Å². The number of nitrogens with one attached hydrogen (secondary N) is 2. The Morgan fingerprint density at radius 1 is 1.24 bits per heavy atom. The number of carbonyl (C=O) groups excluding carboxylic acids is 1. The molecule has 2 heterocycles. The minimum atomic E-state index is -0.827. The first-order chi connectivity index (χ1) is 18.2. The predicted octanol–water partition coefficient (Wildman–Crippen LogP) is 3.26. The Morgan fingerprint density at radius 2 is 2.00 bits per heavy atom. The Morgan fingerprint density at radius 3 is 2.68 bits per heavy atom. The predicted molar refractivity (Wildman–Crippen MR) is 147 cm³/mol. The lowest BCUT2D eigenvalue weighted by Gasteiger charge is -2.42. The molecule has 0 saturated carbocycles. The van der Waals surface area contributed by atoms with Gasteiger partial charge in [-0.3, -0.25) is 4.79 Å². The van der Waals surface area contributed by atoms with E-state index >= 15 is 0 Å². The number of nitriles is 1. The van der Waals surface area contributed by atoms with E-state index in [1.54, 1.807) is 12.1 Å². The van der Waals surface area contributed by atoms with Gasteiger partial charge in [-0.05, 0) is 56.0 Å². The molecule has 2 aliphatic heterocycles. The summed E-state index contributed by atoms with van der Waals surface area (Å²) in [6, 6.07) is 13.4. The van der Waals surface area contributed by atoms with Gasteiger partial charge >= 0.3 is 0 Å². The number of aliphatic hydroxyl groups is 1. The van der Waals surface area contributed by atoms with Crippen molar-refractivity contribution in [3.05, 3.63) is 58.7 Å².